The van der Waals surface area contributed by atoms with Gasteiger partial charge in [-0.3, -0.25) is 9.59 Å². The summed E-state index contributed by atoms with van der Waals surface area (Å²) in [6, 6.07) is 0. The minimum absolute atomic E-state index is 0.155. The third-order valence-electron chi connectivity index (χ3n) is 4.19. The SMILES string of the molecule is COC(=O)C1CCC(=O)NCCOCCOCCOCCNC(=O)OC(C)(C)C1. The van der Waals surface area contributed by atoms with Crippen molar-refractivity contribution in [2.45, 2.75) is 38.7 Å². The molecule has 0 aromatic carbocycles. The average Bonchev–Trinajstić information content (AvgIpc) is 2.66. The van der Waals surface area contributed by atoms with Gasteiger partial charge in [0.1, 0.15) is 5.60 Å². The van der Waals surface area contributed by atoms with Gasteiger partial charge < -0.3 is 34.3 Å². The molecule has 0 aliphatic carbocycles. The molecule has 0 saturated carbocycles. The fourth-order valence-electron chi connectivity index (χ4n) is 2.82. The summed E-state index contributed by atoms with van der Waals surface area (Å²) < 4.78 is 26.4. The number of alkyl carbamates (subject to hydrolysis) is 1. The molecule has 1 rings (SSSR count). The van der Waals surface area contributed by atoms with Crippen molar-refractivity contribution in [2.75, 3.05) is 59.8 Å². The third-order valence-corrected chi connectivity index (χ3v) is 4.19. The number of hydrogen-bond acceptors (Lipinski definition) is 8. The molecular weight excluding hydrogens is 384 g/mol. The molecule has 1 aliphatic heterocycles. The van der Waals surface area contributed by atoms with Crippen LogP contribution in [0.4, 0.5) is 4.79 Å². The molecule has 0 aromatic heterocycles. The molecule has 1 unspecified atom stereocenters. The molecule has 29 heavy (non-hydrogen) atoms. The van der Waals surface area contributed by atoms with Crippen LogP contribution in [0.25, 0.3) is 0 Å². The molecule has 10 heteroatoms. The first kappa shape index (κ1) is 25.1. The van der Waals surface area contributed by atoms with E-state index in [1.54, 1.807) is 13.8 Å². The number of cyclic esters (lactones) is 1. The third kappa shape index (κ3) is 12.3. The van der Waals surface area contributed by atoms with E-state index in [9.17, 15) is 14.4 Å². The number of ether oxygens (including phenoxy) is 5. The van der Waals surface area contributed by atoms with Crippen LogP contribution in [0.1, 0.15) is 33.1 Å². The Balaban J connectivity index is 2.65. The van der Waals surface area contributed by atoms with Gasteiger partial charge >= 0.3 is 12.1 Å². The average molecular weight is 418 g/mol. The Labute approximate surface area is 171 Å². The summed E-state index contributed by atoms with van der Waals surface area (Å²) in [5, 5.41) is 5.35. The highest BCUT2D eigenvalue weighted by Crippen LogP contribution is 2.25. The van der Waals surface area contributed by atoms with Gasteiger partial charge in [0.25, 0.3) is 0 Å². The van der Waals surface area contributed by atoms with Crippen molar-refractivity contribution >= 4 is 18.0 Å². The van der Waals surface area contributed by atoms with Gasteiger partial charge in [-0.15, -0.1) is 0 Å². The number of esters is 1. The molecular formula is C19H34N2O8. The van der Waals surface area contributed by atoms with E-state index < -0.39 is 23.6 Å². The monoisotopic (exact) mass is 418 g/mol. The van der Waals surface area contributed by atoms with Crippen molar-refractivity contribution in [3.05, 3.63) is 0 Å². The first-order chi connectivity index (χ1) is 13.8. The highest BCUT2D eigenvalue weighted by molar-refractivity contribution is 5.77. The Morgan fingerprint density at radius 1 is 0.966 bits per heavy atom. The van der Waals surface area contributed by atoms with E-state index in [0.29, 0.717) is 52.7 Å². The minimum atomic E-state index is -0.916. The van der Waals surface area contributed by atoms with E-state index in [4.69, 9.17) is 23.7 Å². The van der Waals surface area contributed by atoms with Gasteiger partial charge in [0.2, 0.25) is 5.91 Å². The van der Waals surface area contributed by atoms with Crippen molar-refractivity contribution in [1.82, 2.24) is 10.6 Å². The molecule has 1 atom stereocenters. The molecule has 0 radical (unpaired) electrons. The Morgan fingerprint density at radius 3 is 2.10 bits per heavy atom. The first-order valence-electron chi connectivity index (χ1n) is 9.88. The fraction of sp³-hybridized carbons (Fsp3) is 0.842. The van der Waals surface area contributed by atoms with Gasteiger partial charge in [-0.1, -0.05) is 0 Å². The van der Waals surface area contributed by atoms with Crippen molar-refractivity contribution in [3.63, 3.8) is 0 Å². The Bertz CT molecular complexity index is 512. The lowest BCUT2D eigenvalue weighted by Crippen LogP contribution is -2.39. The van der Waals surface area contributed by atoms with Crippen LogP contribution in [-0.4, -0.2) is 83.4 Å². The van der Waals surface area contributed by atoms with Crippen LogP contribution in [0, 0.1) is 5.92 Å². The number of carbonyl (C=O) groups excluding carboxylic acids is 3. The van der Waals surface area contributed by atoms with Crippen molar-refractivity contribution < 1.29 is 38.1 Å². The van der Waals surface area contributed by atoms with Gasteiger partial charge in [0, 0.05) is 19.5 Å². The van der Waals surface area contributed by atoms with Crippen LogP contribution in [0.5, 0.6) is 0 Å². The highest BCUT2D eigenvalue weighted by Gasteiger charge is 2.32. The van der Waals surface area contributed by atoms with Gasteiger partial charge in [0.05, 0.1) is 52.7 Å². The quantitative estimate of drug-likeness (QED) is 0.595. The van der Waals surface area contributed by atoms with Crippen LogP contribution in [0.3, 0.4) is 0 Å². The highest BCUT2D eigenvalue weighted by atomic mass is 16.6. The standard InChI is InChI=1S/C19H34N2O8/c1-19(2)14-15(17(23)25-3)4-5-16(22)20-6-8-26-10-12-28-13-11-27-9-7-21-18(24)29-19/h15H,4-14H2,1-3H3,(H,20,22)(H,21,24). The summed E-state index contributed by atoms with van der Waals surface area (Å²) in [6.45, 7) is 6.46. The molecule has 10 nitrogen and oxygen atoms in total. The summed E-state index contributed by atoms with van der Waals surface area (Å²) in [4.78, 5) is 36.1. The van der Waals surface area contributed by atoms with E-state index in [1.165, 1.54) is 7.11 Å². The molecule has 168 valence electrons. The van der Waals surface area contributed by atoms with E-state index in [1.807, 2.05) is 0 Å². The predicted molar refractivity (Wildman–Crippen MR) is 103 cm³/mol. The second-order valence-corrected chi connectivity index (χ2v) is 7.23. The van der Waals surface area contributed by atoms with Gasteiger partial charge in [0.15, 0.2) is 0 Å². The van der Waals surface area contributed by atoms with E-state index in [2.05, 4.69) is 10.6 Å². The van der Waals surface area contributed by atoms with Crippen molar-refractivity contribution in [2.24, 2.45) is 5.92 Å². The van der Waals surface area contributed by atoms with Crippen molar-refractivity contribution in [3.8, 4) is 0 Å². The van der Waals surface area contributed by atoms with Gasteiger partial charge in [-0.2, -0.15) is 0 Å². The molecule has 2 amide bonds. The lowest BCUT2D eigenvalue weighted by Gasteiger charge is -2.28. The number of rotatable bonds is 1. The number of methoxy groups -OCH3 is 1. The predicted octanol–water partition coefficient (Wildman–Crippen LogP) is 0.630. The summed E-state index contributed by atoms with van der Waals surface area (Å²) >= 11 is 0. The van der Waals surface area contributed by atoms with E-state index >= 15 is 0 Å². The largest absolute Gasteiger partial charge is 0.469 e. The maximum Gasteiger partial charge on any atom is 0.407 e. The van der Waals surface area contributed by atoms with Crippen LogP contribution in [-0.2, 0) is 33.3 Å². The van der Waals surface area contributed by atoms with Crippen LogP contribution >= 0.6 is 0 Å². The Hall–Kier alpha value is -1.91. The summed E-state index contributed by atoms with van der Waals surface area (Å²) in [5.41, 5.74) is -0.916. The number of hydrogen-bond donors (Lipinski definition) is 2. The molecule has 0 spiro atoms. The summed E-state index contributed by atoms with van der Waals surface area (Å²) in [5.74, 6) is -1.19. The normalized spacial score (nSPS) is 24.2. The Morgan fingerprint density at radius 2 is 1.52 bits per heavy atom. The lowest BCUT2D eigenvalue weighted by molar-refractivity contribution is -0.148. The van der Waals surface area contributed by atoms with Crippen LogP contribution < -0.4 is 10.6 Å². The molecule has 0 bridgehead atoms. The zero-order valence-electron chi connectivity index (χ0n) is 17.6. The maximum absolute atomic E-state index is 12.1. The molecule has 0 aromatic rings. The lowest BCUT2D eigenvalue weighted by atomic mass is 9.89. The first-order valence-corrected chi connectivity index (χ1v) is 9.88. The van der Waals surface area contributed by atoms with Gasteiger partial charge in [-0.25, -0.2) is 4.79 Å². The topological polar surface area (TPSA) is 121 Å². The molecule has 1 aliphatic rings. The maximum atomic E-state index is 12.1. The molecule has 1 fully saturated rings. The van der Waals surface area contributed by atoms with E-state index in [-0.39, 0.29) is 25.2 Å². The smallest absolute Gasteiger partial charge is 0.407 e. The number of nitrogens with one attached hydrogen (secondary N) is 2. The summed E-state index contributed by atoms with van der Waals surface area (Å²) in [6.07, 6.45) is 0.0779. The Kier molecular flexibility index (Phi) is 12.2. The van der Waals surface area contributed by atoms with Gasteiger partial charge in [-0.05, 0) is 26.7 Å². The zero-order valence-corrected chi connectivity index (χ0v) is 17.6. The van der Waals surface area contributed by atoms with E-state index in [0.717, 1.165) is 0 Å². The van der Waals surface area contributed by atoms with Crippen molar-refractivity contribution in [1.29, 1.82) is 0 Å². The second-order valence-electron chi connectivity index (χ2n) is 7.23. The molecule has 1 heterocycles. The van der Waals surface area contributed by atoms with Crippen LogP contribution in [0.15, 0.2) is 0 Å². The number of amides is 2. The summed E-state index contributed by atoms with van der Waals surface area (Å²) in [7, 11) is 1.30. The number of carbonyl (C=O) groups is 3. The molecule has 2 N–H and O–H groups in total. The minimum Gasteiger partial charge on any atom is -0.469 e. The zero-order chi connectivity index (χ0) is 21.5. The second kappa shape index (κ2) is 14.1. The molecule has 1 saturated heterocycles. The van der Waals surface area contributed by atoms with Crippen LogP contribution in [0.2, 0.25) is 0 Å². The fourth-order valence-corrected chi connectivity index (χ4v) is 2.82.